The third-order valence-electron chi connectivity index (χ3n) is 8.45. The summed E-state index contributed by atoms with van der Waals surface area (Å²) in [5.74, 6) is 0. The maximum Gasteiger partial charge on any atom is 0.0793 e. The van der Waals surface area contributed by atoms with E-state index in [0.29, 0.717) is 0 Å². The van der Waals surface area contributed by atoms with Crippen LogP contribution in [-0.4, -0.2) is 15.0 Å². The molecular weight excluding hydrogens is 510 g/mol. The van der Waals surface area contributed by atoms with Gasteiger partial charge in [0, 0.05) is 55.4 Å². The Morgan fingerprint density at radius 3 is 1.10 bits per heavy atom. The summed E-state index contributed by atoms with van der Waals surface area (Å²) in [6.07, 6.45) is 1.92. The molecule has 42 heavy (non-hydrogen) atoms. The SMILES string of the molecule is c1ccc2c(-c3c4ccccc4c(-c4c5ccccc5nc5ccccc45)c4ncccc34)c3ccccc3nc2c1. The second kappa shape index (κ2) is 8.92. The van der Waals surface area contributed by atoms with E-state index in [1.807, 2.05) is 6.20 Å². The Labute approximate surface area is 241 Å². The molecule has 0 aliphatic rings. The summed E-state index contributed by atoms with van der Waals surface area (Å²) in [4.78, 5) is 15.2. The molecule has 6 aromatic carbocycles. The highest BCUT2D eigenvalue weighted by Crippen LogP contribution is 2.48. The van der Waals surface area contributed by atoms with Crippen LogP contribution >= 0.6 is 0 Å². The minimum Gasteiger partial charge on any atom is -0.256 e. The summed E-state index contributed by atoms with van der Waals surface area (Å²) in [6.45, 7) is 0. The zero-order valence-corrected chi connectivity index (χ0v) is 22.6. The first-order valence-corrected chi connectivity index (χ1v) is 14.2. The zero-order chi connectivity index (χ0) is 27.6. The molecule has 3 heterocycles. The molecule has 0 amide bonds. The van der Waals surface area contributed by atoms with E-state index in [1.54, 1.807) is 0 Å². The number of aromatic nitrogens is 3. The highest BCUT2D eigenvalue weighted by atomic mass is 14.7. The number of pyridine rings is 3. The number of hydrogen-bond acceptors (Lipinski definition) is 3. The van der Waals surface area contributed by atoms with Crippen molar-refractivity contribution in [2.24, 2.45) is 0 Å². The maximum absolute atomic E-state index is 5.13. The monoisotopic (exact) mass is 533 g/mol. The van der Waals surface area contributed by atoms with Crippen LogP contribution in [0.15, 0.2) is 140 Å². The average molecular weight is 534 g/mol. The van der Waals surface area contributed by atoms with Crippen molar-refractivity contribution >= 4 is 65.3 Å². The lowest BCUT2D eigenvalue weighted by Crippen LogP contribution is -1.96. The minimum atomic E-state index is 0.981. The first-order chi connectivity index (χ1) is 20.9. The van der Waals surface area contributed by atoms with E-state index in [0.717, 1.165) is 60.1 Å². The van der Waals surface area contributed by atoms with Crippen molar-refractivity contribution in [2.45, 2.75) is 0 Å². The Hall–Kier alpha value is -5.67. The first-order valence-electron chi connectivity index (χ1n) is 14.2. The van der Waals surface area contributed by atoms with Crippen molar-refractivity contribution < 1.29 is 0 Å². The molecule has 3 aromatic heterocycles. The molecule has 0 saturated carbocycles. The Balaban J connectivity index is 1.55. The molecule has 0 spiro atoms. The first kappa shape index (κ1) is 23.1. The van der Waals surface area contributed by atoms with Crippen molar-refractivity contribution in [1.29, 1.82) is 0 Å². The largest absolute Gasteiger partial charge is 0.256 e. The number of hydrogen-bond donors (Lipinski definition) is 0. The topological polar surface area (TPSA) is 38.7 Å². The Morgan fingerprint density at radius 2 is 0.619 bits per heavy atom. The fourth-order valence-corrected chi connectivity index (χ4v) is 6.74. The van der Waals surface area contributed by atoms with Crippen LogP contribution in [0.4, 0.5) is 0 Å². The van der Waals surface area contributed by atoms with Crippen LogP contribution in [0.2, 0.25) is 0 Å². The van der Waals surface area contributed by atoms with Gasteiger partial charge in [-0.1, -0.05) is 103 Å². The molecule has 0 radical (unpaired) electrons. The highest BCUT2D eigenvalue weighted by molar-refractivity contribution is 6.29. The number of para-hydroxylation sites is 4. The lowest BCUT2D eigenvalue weighted by Gasteiger charge is -2.20. The smallest absolute Gasteiger partial charge is 0.0793 e. The molecule has 0 unspecified atom stereocenters. The van der Waals surface area contributed by atoms with Crippen LogP contribution in [0.5, 0.6) is 0 Å². The molecule has 9 aromatic rings. The fourth-order valence-electron chi connectivity index (χ4n) is 6.74. The quantitative estimate of drug-likeness (QED) is 0.208. The van der Waals surface area contributed by atoms with Gasteiger partial charge in [-0.05, 0) is 41.1 Å². The van der Waals surface area contributed by atoms with E-state index in [-0.39, 0.29) is 0 Å². The summed E-state index contributed by atoms with van der Waals surface area (Å²) < 4.78 is 0. The van der Waals surface area contributed by atoms with Gasteiger partial charge >= 0.3 is 0 Å². The Kier molecular flexibility index (Phi) is 4.90. The van der Waals surface area contributed by atoms with Gasteiger partial charge in [0.1, 0.15) is 0 Å². The van der Waals surface area contributed by atoms with Crippen molar-refractivity contribution in [1.82, 2.24) is 15.0 Å². The van der Waals surface area contributed by atoms with Gasteiger partial charge in [-0.25, -0.2) is 9.97 Å². The van der Waals surface area contributed by atoms with Crippen LogP contribution in [-0.2, 0) is 0 Å². The van der Waals surface area contributed by atoms with E-state index < -0.39 is 0 Å². The predicted octanol–water partition coefficient (Wildman–Crippen LogP) is 10.1. The molecule has 0 N–H and O–H groups in total. The van der Waals surface area contributed by atoms with E-state index >= 15 is 0 Å². The minimum absolute atomic E-state index is 0.981. The Morgan fingerprint density at radius 1 is 0.286 bits per heavy atom. The molecule has 3 heteroatoms. The average Bonchev–Trinajstić information content (AvgIpc) is 3.05. The standard InChI is InChI=1S/C39H23N3/c1-2-13-25-24(12-1)35(36-26-14-3-7-19-31(26)41-32-20-8-4-15-27(32)36)30-18-11-23-40-39(30)38(25)37-28-16-5-9-21-33(28)42-34-22-10-6-17-29(34)37/h1-23H. The van der Waals surface area contributed by atoms with Gasteiger partial charge in [-0.3, -0.25) is 4.98 Å². The second-order valence-electron chi connectivity index (χ2n) is 10.7. The van der Waals surface area contributed by atoms with E-state index in [1.165, 1.54) is 27.5 Å². The highest BCUT2D eigenvalue weighted by Gasteiger charge is 2.23. The fraction of sp³-hybridized carbons (Fsp3) is 0. The molecule has 9 rings (SSSR count). The molecule has 0 saturated heterocycles. The molecular formula is C39H23N3. The Bertz CT molecular complexity index is 2190. The van der Waals surface area contributed by atoms with Crippen molar-refractivity contribution in [2.75, 3.05) is 0 Å². The van der Waals surface area contributed by atoms with Crippen LogP contribution in [0.1, 0.15) is 0 Å². The molecule has 0 bridgehead atoms. The van der Waals surface area contributed by atoms with E-state index in [2.05, 4.69) is 133 Å². The van der Waals surface area contributed by atoms with Gasteiger partial charge in [0.05, 0.1) is 27.6 Å². The summed E-state index contributed by atoms with van der Waals surface area (Å²) in [7, 11) is 0. The summed E-state index contributed by atoms with van der Waals surface area (Å²) >= 11 is 0. The van der Waals surface area contributed by atoms with Gasteiger partial charge in [-0.15, -0.1) is 0 Å². The normalized spacial score (nSPS) is 11.8. The van der Waals surface area contributed by atoms with Gasteiger partial charge in [0.2, 0.25) is 0 Å². The van der Waals surface area contributed by atoms with Crippen LogP contribution in [0.3, 0.4) is 0 Å². The van der Waals surface area contributed by atoms with Crippen molar-refractivity contribution in [3.63, 3.8) is 0 Å². The number of fused-ring (bicyclic) bond motifs is 6. The van der Waals surface area contributed by atoms with Crippen LogP contribution < -0.4 is 0 Å². The lowest BCUT2D eigenvalue weighted by molar-refractivity contribution is 1.42. The van der Waals surface area contributed by atoms with Gasteiger partial charge in [0.25, 0.3) is 0 Å². The van der Waals surface area contributed by atoms with Crippen LogP contribution in [0.25, 0.3) is 87.5 Å². The lowest BCUT2D eigenvalue weighted by atomic mass is 9.84. The summed E-state index contributed by atoms with van der Waals surface area (Å²) in [5.41, 5.74) is 9.62. The van der Waals surface area contributed by atoms with E-state index in [9.17, 15) is 0 Å². The molecule has 0 atom stereocenters. The van der Waals surface area contributed by atoms with E-state index in [4.69, 9.17) is 15.0 Å². The molecule has 0 aliphatic heterocycles. The predicted molar refractivity (Wildman–Crippen MR) is 176 cm³/mol. The summed E-state index contributed by atoms with van der Waals surface area (Å²) in [5, 5.41) is 8.02. The van der Waals surface area contributed by atoms with Gasteiger partial charge in [-0.2, -0.15) is 0 Å². The van der Waals surface area contributed by atoms with Gasteiger partial charge in [0.15, 0.2) is 0 Å². The molecule has 0 fully saturated rings. The number of nitrogens with zero attached hydrogens (tertiary/aromatic N) is 3. The third kappa shape index (κ3) is 3.25. The number of rotatable bonds is 2. The maximum atomic E-state index is 5.13. The van der Waals surface area contributed by atoms with Crippen LogP contribution in [0, 0.1) is 0 Å². The molecule has 3 nitrogen and oxygen atoms in total. The summed E-state index contributed by atoms with van der Waals surface area (Å²) in [6, 6.07) is 46.9. The molecule has 194 valence electrons. The van der Waals surface area contributed by atoms with Crippen molar-refractivity contribution in [3.05, 3.63) is 140 Å². The number of benzene rings is 6. The third-order valence-corrected chi connectivity index (χ3v) is 8.45. The van der Waals surface area contributed by atoms with Crippen molar-refractivity contribution in [3.8, 4) is 22.3 Å². The molecule has 0 aliphatic carbocycles. The zero-order valence-electron chi connectivity index (χ0n) is 22.6. The van der Waals surface area contributed by atoms with Gasteiger partial charge < -0.3 is 0 Å². The second-order valence-corrected chi connectivity index (χ2v) is 10.7.